The fourth-order valence-corrected chi connectivity index (χ4v) is 8.03. The Bertz CT molecular complexity index is 1650. The summed E-state index contributed by atoms with van der Waals surface area (Å²) in [5, 5.41) is 5.87. The molecular weight excluding hydrogens is 556 g/mol. The summed E-state index contributed by atoms with van der Waals surface area (Å²) in [6.45, 7) is 11.8. The topological polar surface area (TPSA) is 53.5 Å². The number of nitrogens with one attached hydrogen (secondary N) is 1. The van der Waals surface area contributed by atoms with Gasteiger partial charge in [-0.15, -0.1) is 0 Å². The number of likely N-dealkylation sites (tertiary alicyclic amines) is 1. The molecule has 3 aromatic carbocycles. The third kappa shape index (κ3) is 5.63. The van der Waals surface area contributed by atoms with E-state index in [9.17, 15) is 0 Å². The Kier molecular flexibility index (Phi) is 8.14. The van der Waals surface area contributed by atoms with E-state index in [0.29, 0.717) is 47.3 Å². The molecule has 4 heterocycles. The Morgan fingerprint density at radius 3 is 2.41 bits per heavy atom. The lowest BCUT2D eigenvalue weighted by Crippen LogP contribution is -2.51. The molecule has 0 saturated carbocycles. The summed E-state index contributed by atoms with van der Waals surface area (Å²) in [6, 6.07) is 13.9. The molecule has 2 bridgehead atoms. The van der Waals surface area contributed by atoms with Crippen molar-refractivity contribution < 1.29 is 13.5 Å². The van der Waals surface area contributed by atoms with Gasteiger partial charge in [-0.1, -0.05) is 57.2 Å². The van der Waals surface area contributed by atoms with Gasteiger partial charge in [0.15, 0.2) is 5.82 Å². The van der Waals surface area contributed by atoms with Gasteiger partial charge in [-0.05, 0) is 71.9 Å². The van der Waals surface area contributed by atoms with Crippen molar-refractivity contribution in [3.8, 4) is 17.1 Å². The lowest BCUT2D eigenvalue weighted by Gasteiger charge is -2.35. The molecule has 1 N–H and O–H groups in total. The average Bonchev–Trinajstić information content (AvgIpc) is 3.35. The third-order valence-electron chi connectivity index (χ3n) is 9.79. The number of halogens is 2. The number of aromatic nitrogens is 2. The first kappa shape index (κ1) is 29.4. The van der Waals surface area contributed by atoms with Gasteiger partial charge in [-0.2, -0.15) is 9.97 Å². The van der Waals surface area contributed by atoms with Crippen LogP contribution in [0.3, 0.4) is 0 Å². The van der Waals surface area contributed by atoms with Gasteiger partial charge in [-0.3, -0.25) is 0 Å². The van der Waals surface area contributed by atoms with Gasteiger partial charge in [0.25, 0.3) is 0 Å². The first-order valence-electron chi connectivity index (χ1n) is 16.4. The quantitative estimate of drug-likeness (QED) is 0.221. The van der Waals surface area contributed by atoms with Crippen LogP contribution in [0.5, 0.6) is 6.01 Å². The zero-order valence-corrected chi connectivity index (χ0v) is 26.1. The highest BCUT2D eigenvalue weighted by Crippen LogP contribution is 2.40. The van der Waals surface area contributed by atoms with Gasteiger partial charge >= 0.3 is 6.01 Å². The Labute approximate surface area is 258 Å². The van der Waals surface area contributed by atoms with E-state index in [4.69, 9.17) is 9.72 Å². The molecule has 0 radical (unpaired) electrons. The number of hydrogen-bond donors (Lipinski definition) is 1. The molecule has 6 nitrogen and oxygen atoms in total. The highest BCUT2D eigenvalue weighted by atomic mass is 19.1. The Morgan fingerprint density at radius 2 is 1.68 bits per heavy atom. The fraction of sp³-hybridized carbons (Fsp3) is 0.500. The monoisotopic (exact) mass is 599 g/mol. The molecule has 0 amide bonds. The van der Waals surface area contributed by atoms with Crippen molar-refractivity contribution in [2.75, 3.05) is 44.2 Å². The molecule has 44 heavy (non-hydrogen) atoms. The second-order valence-corrected chi connectivity index (χ2v) is 13.4. The van der Waals surface area contributed by atoms with Crippen molar-refractivity contribution in [3.05, 3.63) is 59.7 Å². The van der Waals surface area contributed by atoms with Crippen molar-refractivity contribution >= 4 is 27.5 Å². The zero-order valence-electron chi connectivity index (χ0n) is 26.1. The summed E-state index contributed by atoms with van der Waals surface area (Å²) < 4.78 is 39.1. The minimum atomic E-state index is -0.665. The molecule has 232 valence electrons. The van der Waals surface area contributed by atoms with Crippen molar-refractivity contribution in [3.63, 3.8) is 0 Å². The van der Waals surface area contributed by atoms with E-state index in [0.717, 1.165) is 74.7 Å². The number of hydrogen-bond acceptors (Lipinski definition) is 6. The number of aryl methyl sites for hydroxylation is 1. The average molecular weight is 600 g/mol. The summed E-state index contributed by atoms with van der Waals surface area (Å²) >= 11 is 0. The maximum Gasteiger partial charge on any atom is 0.319 e. The van der Waals surface area contributed by atoms with Crippen LogP contribution < -0.4 is 15.0 Å². The molecule has 3 aliphatic rings. The van der Waals surface area contributed by atoms with E-state index in [1.807, 2.05) is 36.4 Å². The van der Waals surface area contributed by atoms with Gasteiger partial charge in [0.2, 0.25) is 0 Å². The molecule has 3 saturated heterocycles. The molecule has 7 rings (SSSR count). The maximum absolute atomic E-state index is 16.8. The third-order valence-corrected chi connectivity index (χ3v) is 9.79. The van der Waals surface area contributed by atoms with Crippen LogP contribution in [-0.4, -0.2) is 66.3 Å². The minimum absolute atomic E-state index is 0.0479. The van der Waals surface area contributed by atoms with Crippen LogP contribution in [0.15, 0.2) is 42.5 Å². The molecule has 0 aliphatic carbocycles. The zero-order chi connectivity index (χ0) is 30.4. The van der Waals surface area contributed by atoms with Gasteiger partial charge in [-0.25, -0.2) is 8.78 Å². The first-order chi connectivity index (χ1) is 21.4. The van der Waals surface area contributed by atoms with E-state index >= 15 is 8.78 Å². The molecule has 8 heteroatoms. The second-order valence-electron chi connectivity index (χ2n) is 13.4. The van der Waals surface area contributed by atoms with Crippen LogP contribution >= 0.6 is 0 Å². The number of anilines is 1. The lowest BCUT2D eigenvalue weighted by atomic mass is 9.92. The van der Waals surface area contributed by atoms with Crippen LogP contribution in [0, 0.1) is 23.5 Å². The highest BCUT2D eigenvalue weighted by Gasteiger charge is 2.34. The normalized spacial score (nSPS) is 24.0. The number of nitrogens with zero attached hydrogens (tertiary/aromatic N) is 4. The Hall–Kier alpha value is -3.36. The van der Waals surface area contributed by atoms with Crippen molar-refractivity contribution in [2.45, 2.75) is 65.0 Å². The molecular formula is C36H43F2N5O. The molecule has 4 unspecified atom stereocenters. The van der Waals surface area contributed by atoms with E-state index in [-0.39, 0.29) is 17.1 Å². The second kappa shape index (κ2) is 12.2. The van der Waals surface area contributed by atoms with Gasteiger partial charge in [0.05, 0.1) is 12.2 Å². The van der Waals surface area contributed by atoms with E-state index < -0.39 is 11.6 Å². The number of fused-ring (bicyclic) bond motifs is 4. The van der Waals surface area contributed by atoms with Crippen molar-refractivity contribution in [1.82, 2.24) is 20.2 Å². The number of piperazine rings is 1. The van der Waals surface area contributed by atoms with Crippen LogP contribution in [0.4, 0.5) is 14.6 Å². The van der Waals surface area contributed by atoms with Crippen molar-refractivity contribution in [2.24, 2.45) is 11.8 Å². The summed E-state index contributed by atoms with van der Waals surface area (Å²) in [4.78, 5) is 14.1. The largest absolute Gasteiger partial charge is 0.463 e. The van der Waals surface area contributed by atoms with Gasteiger partial charge < -0.3 is 19.9 Å². The molecule has 1 aromatic heterocycles. The Balaban J connectivity index is 1.27. The van der Waals surface area contributed by atoms with Crippen LogP contribution in [0.25, 0.3) is 32.8 Å². The SMILES string of the molecule is CCc1cccc2cccc(-c3c(F)cc4c(N5CC6CCC(C5)N6)nc(OCCCN5CC(C)CC(C)C5)nc4c3F)c12. The van der Waals surface area contributed by atoms with Gasteiger partial charge in [0, 0.05) is 50.2 Å². The number of rotatable bonds is 8. The molecule has 4 aromatic rings. The number of benzene rings is 3. The predicted molar refractivity (Wildman–Crippen MR) is 173 cm³/mol. The highest BCUT2D eigenvalue weighted by molar-refractivity contribution is 6.02. The van der Waals surface area contributed by atoms with Crippen LogP contribution in [-0.2, 0) is 6.42 Å². The van der Waals surface area contributed by atoms with Crippen LogP contribution in [0.1, 0.15) is 52.0 Å². The Morgan fingerprint density at radius 1 is 0.955 bits per heavy atom. The molecule has 4 atom stereocenters. The van der Waals surface area contributed by atoms with E-state index in [1.54, 1.807) is 0 Å². The minimum Gasteiger partial charge on any atom is -0.463 e. The molecule has 3 fully saturated rings. The first-order valence-corrected chi connectivity index (χ1v) is 16.4. The summed E-state index contributed by atoms with van der Waals surface area (Å²) in [5.41, 5.74) is 1.66. The lowest BCUT2D eigenvalue weighted by molar-refractivity contribution is 0.131. The summed E-state index contributed by atoms with van der Waals surface area (Å²) in [5.74, 6) is 0.691. The molecule has 0 spiro atoms. The maximum atomic E-state index is 16.8. The van der Waals surface area contributed by atoms with E-state index in [1.165, 1.54) is 12.5 Å². The van der Waals surface area contributed by atoms with Crippen LogP contribution in [0.2, 0.25) is 0 Å². The summed E-state index contributed by atoms with van der Waals surface area (Å²) in [7, 11) is 0. The standard InChI is InChI=1S/C36H43F2N5O/c1-4-24-8-5-9-25-10-6-11-28(31(24)25)32-30(37)17-29-34(33(32)38)40-36(41-35(29)43-20-26-12-13-27(21-43)39-26)44-15-7-14-42-18-22(2)16-23(3)19-42/h5-6,8-11,17,22-23,26-27,39H,4,7,12-16,18-21H2,1-3H3. The van der Waals surface area contributed by atoms with Crippen molar-refractivity contribution in [1.29, 1.82) is 0 Å². The fourth-order valence-electron chi connectivity index (χ4n) is 8.03. The number of piperidine rings is 1. The predicted octanol–water partition coefficient (Wildman–Crippen LogP) is 6.98. The van der Waals surface area contributed by atoms with Gasteiger partial charge in [0.1, 0.15) is 17.2 Å². The number of ether oxygens (including phenoxy) is 1. The molecule has 3 aliphatic heterocycles. The smallest absolute Gasteiger partial charge is 0.319 e. The van der Waals surface area contributed by atoms with E-state index in [2.05, 4.69) is 40.9 Å². The summed E-state index contributed by atoms with van der Waals surface area (Å²) in [6.07, 6.45) is 5.06.